The molecule has 3 heteroatoms. The highest BCUT2D eigenvalue weighted by atomic mass is 127. The summed E-state index contributed by atoms with van der Waals surface area (Å²) in [6.45, 7) is 0. The number of hydrogen-bond donors (Lipinski definition) is 0. The Morgan fingerprint density at radius 1 is 0.955 bits per heavy atom. The summed E-state index contributed by atoms with van der Waals surface area (Å²) in [5.74, 6) is 0.258. The zero-order valence-electron chi connectivity index (χ0n) is 12.4. The molecular formula is C19H19IO2. The number of carbonyl (C=O) groups excluding carboxylic acids is 1. The SMILES string of the molecule is O=C(Oc1ccc(CC/C=C/CCI)cc1)c1ccccc1. The van der Waals surface area contributed by atoms with Gasteiger partial charge in [-0.3, -0.25) is 0 Å². The van der Waals surface area contributed by atoms with Gasteiger partial charge in [0.05, 0.1) is 5.56 Å². The van der Waals surface area contributed by atoms with Gasteiger partial charge >= 0.3 is 5.97 Å². The Kier molecular flexibility index (Phi) is 7.16. The second-order valence-corrected chi connectivity index (χ2v) is 5.97. The van der Waals surface area contributed by atoms with Gasteiger partial charge in [0, 0.05) is 4.43 Å². The molecule has 0 unspecified atom stereocenters. The minimum atomic E-state index is -0.324. The molecule has 2 aromatic carbocycles. The van der Waals surface area contributed by atoms with Crippen LogP contribution in [0.25, 0.3) is 0 Å². The number of benzene rings is 2. The molecule has 0 atom stereocenters. The summed E-state index contributed by atoms with van der Waals surface area (Å²) in [7, 11) is 0. The van der Waals surface area contributed by atoms with E-state index in [4.69, 9.17) is 4.74 Å². The van der Waals surface area contributed by atoms with Gasteiger partial charge in [0.2, 0.25) is 0 Å². The van der Waals surface area contributed by atoms with Crippen LogP contribution in [0.5, 0.6) is 5.75 Å². The van der Waals surface area contributed by atoms with Gasteiger partial charge in [0.25, 0.3) is 0 Å². The van der Waals surface area contributed by atoms with E-state index in [0.29, 0.717) is 11.3 Å². The molecule has 0 saturated carbocycles. The number of aryl methyl sites for hydroxylation is 1. The smallest absolute Gasteiger partial charge is 0.343 e. The van der Waals surface area contributed by atoms with E-state index < -0.39 is 0 Å². The Morgan fingerprint density at radius 3 is 2.32 bits per heavy atom. The van der Waals surface area contributed by atoms with Crippen molar-refractivity contribution in [3.8, 4) is 5.75 Å². The highest BCUT2D eigenvalue weighted by molar-refractivity contribution is 14.1. The van der Waals surface area contributed by atoms with Crippen LogP contribution < -0.4 is 4.74 Å². The molecule has 0 bridgehead atoms. The van der Waals surface area contributed by atoms with Crippen LogP contribution in [-0.2, 0) is 6.42 Å². The minimum Gasteiger partial charge on any atom is -0.423 e. The molecule has 0 aromatic heterocycles. The standard InChI is InChI=1S/C19H19IO2/c20-15-7-2-1-4-8-16-11-13-18(14-12-16)22-19(21)17-9-5-3-6-10-17/h1-3,5-6,9-14H,4,7-8,15H2/b2-1+. The van der Waals surface area contributed by atoms with Crippen molar-refractivity contribution in [2.24, 2.45) is 0 Å². The fourth-order valence-electron chi connectivity index (χ4n) is 2.01. The maximum absolute atomic E-state index is 11.9. The molecule has 2 aromatic rings. The van der Waals surface area contributed by atoms with E-state index in [1.165, 1.54) is 5.56 Å². The van der Waals surface area contributed by atoms with Gasteiger partial charge < -0.3 is 4.74 Å². The summed E-state index contributed by atoms with van der Waals surface area (Å²) in [5.41, 5.74) is 1.81. The number of carbonyl (C=O) groups is 1. The minimum absolute atomic E-state index is 0.324. The van der Waals surface area contributed by atoms with Gasteiger partial charge in [0.15, 0.2) is 0 Å². The van der Waals surface area contributed by atoms with Crippen LogP contribution in [0.4, 0.5) is 0 Å². The van der Waals surface area contributed by atoms with E-state index in [9.17, 15) is 4.79 Å². The second kappa shape index (κ2) is 9.41. The van der Waals surface area contributed by atoms with Gasteiger partial charge in [-0.1, -0.05) is 65.1 Å². The van der Waals surface area contributed by atoms with Crippen molar-refractivity contribution < 1.29 is 9.53 Å². The molecule has 0 fully saturated rings. The molecular weight excluding hydrogens is 387 g/mol. The predicted molar refractivity (Wildman–Crippen MR) is 98.8 cm³/mol. The molecule has 0 spiro atoms. The van der Waals surface area contributed by atoms with Crippen molar-refractivity contribution in [1.29, 1.82) is 0 Å². The number of ether oxygens (including phenoxy) is 1. The van der Waals surface area contributed by atoms with E-state index in [2.05, 4.69) is 34.7 Å². The Morgan fingerprint density at radius 2 is 1.64 bits per heavy atom. The number of hydrogen-bond acceptors (Lipinski definition) is 2. The lowest BCUT2D eigenvalue weighted by Crippen LogP contribution is -2.08. The summed E-state index contributed by atoms with van der Waals surface area (Å²) in [4.78, 5) is 11.9. The van der Waals surface area contributed by atoms with E-state index >= 15 is 0 Å². The van der Waals surface area contributed by atoms with E-state index in [1.54, 1.807) is 12.1 Å². The first kappa shape index (κ1) is 16.7. The maximum Gasteiger partial charge on any atom is 0.343 e. The van der Waals surface area contributed by atoms with Crippen molar-refractivity contribution in [2.75, 3.05) is 4.43 Å². The average molecular weight is 406 g/mol. The van der Waals surface area contributed by atoms with Crippen LogP contribution in [0.1, 0.15) is 28.8 Å². The zero-order chi connectivity index (χ0) is 15.6. The topological polar surface area (TPSA) is 26.3 Å². The molecule has 2 rings (SSSR count). The first-order chi connectivity index (χ1) is 10.8. The molecule has 0 amide bonds. The quantitative estimate of drug-likeness (QED) is 0.207. The Hall–Kier alpha value is -1.62. The van der Waals surface area contributed by atoms with Gasteiger partial charge in [0.1, 0.15) is 5.75 Å². The lowest BCUT2D eigenvalue weighted by Gasteiger charge is -2.05. The van der Waals surface area contributed by atoms with Gasteiger partial charge in [-0.25, -0.2) is 4.79 Å². The largest absolute Gasteiger partial charge is 0.423 e. The van der Waals surface area contributed by atoms with Crippen LogP contribution in [0.3, 0.4) is 0 Å². The monoisotopic (exact) mass is 406 g/mol. The maximum atomic E-state index is 11.9. The van der Waals surface area contributed by atoms with Crippen LogP contribution in [0, 0.1) is 0 Å². The number of rotatable bonds is 7. The molecule has 114 valence electrons. The van der Waals surface area contributed by atoms with Crippen molar-refractivity contribution in [2.45, 2.75) is 19.3 Å². The lowest BCUT2D eigenvalue weighted by atomic mass is 10.1. The molecule has 0 aliphatic heterocycles. The number of alkyl halides is 1. The molecule has 22 heavy (non-hydrogen) atoms. The van der Waals surface area contributed by atoms with Gasteiger partial charge in [-0.15, -0.1) is 0 Å². The van der Waals surface area contributed by atoms with E-state index in [-0.39, 0.29) is 5.97 Å². The first-order valence-corrected chi connectivity index (χ1v) is 8.89. The molecule has 2 nitrogen and oxygen atoms in total. The normalized spacial score (nSPS) is 10.8. The highest BCUT2D eigenvalue weighted by Gasteiger charge is 2.07. The molecule has 0 radical (unpaired) electrons. The highest BCUT2D eigenvalue weighted by Crippen LogP contribution is 2.15. The first-order valence-electron chi connectivity index (χ1n) is 7.37. The van der Waals surface area contributed by atoms with E-state index in [1.807, 2.05) is 42.5 Å². The molecule has 0 heterocycles. The average Bonchev–Trinajstić information content (AvgIpc) is 2.57. The fourth-order valence-corrected chi connectivity index (χ4v) is 2.37. The number of allylic oxidation sites excluding steroid dienone is 2. The Labute approximate surface area is 145 Å². The Bertz CT molecular complexity index is 603. The second-order valence-electron chi connectivity index (χ2n) is 4.89. The van der Waals surface area contributed by atoms with Crippen molar-refractivity contribution in [3.05, 3.63) is 77.9 Å². The van der Waals surface area contributed by atoms with Crippen LogP contribution in [0.15, 0.2) is 66.7 Å². The molecule has 0 saturated heterocycles. The van der Waals surface area contributed by atoms with Crippen LogP contribution in [0.2, 0.25) is 0 Å². The van der Waals surface area contributed by atoms with Crippen molar-refractivity contribution in [1.82, 2.24) is 0 Å². The van der Waals surface area contributed by atoms with Crippen LogP contribution >= 0.6 is 22.6 Å². The fraction of sp³-hybridized carbons (Fsp3) is 0.211. The number of esters is 1. The van der Waals surface area contributed by atoms with E-state index in [0.717, 1.165) is 23.7 Å². The predicted octanol–water partition coefficient (Wildman–Crippen LogP) is 5.22. The lowest BCUT2D eigenvalue weighted by molar-refractivity contribution is 0.0734. The third-order valence-electron chi connectivity index (χ3n) is 3.19. The third kappa shape index (κ3) is 5.64. The summed E-state index contributed by atoms with van der Waals surface area (Å²) >= 11 is 2.38. The summed E-state index contributed by atoms with van der Waals surface area (Å²) in [5, 5.41) is 0. The molecule has 0 N–H and O–H groups in total. The summed E-state index contributed by atoms with van der Waals surface area (Å²) in [6.07, 6.45) is 7.63. The van der Waals surface area contributed by atoms with Gasteiger partial charge in [-0.2, -0.15) is 0 Å². The third-order valence-corrected chi connectivity index (χ3v) is 3.81. The molecule has 0 aliphatic carbocycles. The van der Waals surface area contributed by atoms with Crippen molar-refractivity contribution in [3.63, 3.8) is 0 Å². The molecule has 0 aliphatic rings. The summed E-state index contributed by atoms with van der Waals surface area (Å²) in [6, 6.07) is 16.8. The van der Waals surface area contributed by atoms with Gasteiger partial charge in [-0.05, 0) is 49.1 Å². The Balaban J connectivity index is 1.85. The number of halogens is 1. The van der Waals surface area contributed by atoms with Crippen molar-refractivity contribution >= 4 is 28.6 Å². The van der Waals surface area contributed by atoms with Crippen LogP contribution in [-0.4, -0.2) is 10.4 Å². The zero-order valence-corrected chi connectivity index (χ0v) is 14.5. The summed E-state index contributed by atoms with van der Waals surface area (Å²) < 4.78 is 6.52.